The summed E-state index contributed by atoms with van der Waals surface area (Å²) in [6.45, 7) is 0.494. The predicted molar refractivity (Wildman–Crippen MR) is 86.5 cm³/mol. The number of hydrazone groups is 1. The Kier molecular flexibility index (Phi) is 4.11. The molecule has 2 aromatic rings. The van der Waals surface area contributed by atoms with E-state index in [4.69, 9.17) is 10.5 Å². The third kappa shape index (κ3) is 3.12. The van der Waals surface area contributed by atoms with Gasteiger partial charge in [-0.05, 0) is 30.3 Å². The van der Waals surface area contributed by atoms with Gasteiger partial charge in [0.15, 0.2) is 6.61 Å². The van der Waals surface area contributed by atoms with Gasteiger partial charge in [0, 0.05) is 10.0 Å². The second-order valence-corrected chi connectivity index (χ2v) is 5.82. The second-order valence-electron chi connectivity index (χ2n) is 4.91. The van der Waals surface area contributed by atoms with E-state index in [1.807, 2.05) is 36.4 Å². The fourth-order valence-electron chi connectivity index (χ4n) is 2.27. The molecular formula is C16H15BrN3O2+. The van der Waals surface area contributed by atoms with Crippen LogP contribution in [0.4, 0.5) is 0 Å². The van der Waals surface area contributed by atoms with Crippen molar-refractivity contribution in [2.45, 2.75) is 6.54 Å². The van der Waals surface area contributed by atoms with Crippen molar-refractivity contribution in [3.05, 3.63) is 64.1 Å². The summed E-state index contributed by atoms with van der Waals surface area (Å²) >= 11 is 3.35. The maximum Gasteiger partial charge on any atom is 0.299 e. The van der Waals surface area contributed by atoms with Crippen LogP contribution < -0.4 is 15.9 Å². The number of amides is 1. The number of carbonyl (C=O) groups is 1. The van der Waals surface area contributed by atoms with E-state index in [2.05, 4.69) is 21.4 Å². The normalized spacial score (nSPS) is 13.0. The van der Waals surface area contributed by atoms with Gasteiger partial charge in [-0.2, -0.15) is 10.1 Å². The van der Waals surface area contributed by atoms with Crippen LogP contribution >= 0.6 is 15.9 Å². The van der Waals surface area contributed by atoms with Gasteiger partial charge in [0.25, 0.3) is 11.7 Å². The zero-order chi connectivity index (χ0) is 15.5. The highest BCUT2D eigenvalue weighted by atomic mass is 79.9. The van der Waals surface area contributed by atoms with Gasteiger partial charge in [0.1, 0.15) is 12.3 Å². The summed E-state index contributed by atoms with van der Waals surface area (Å²) in [6, 6.07) is 15.1. The molecular weight excluding hydrogens is 346 g/mol. The molecule has 1 amide bonds. The van der Waals surface area contributed by atoms with Gasteiger partial charge in [0.05, 0.1) is 5.56 Å². The highest BCUT2D eigenvalue weighted by Gasteiger charge is 2.25. The highest BCUT2D eigenvalue weighted by Crippen LogP contribution is 2.16. The van der Waals surface area contributed by atoms with Crippen LogP contribution in [0.2, 0.25) is 0 Å². The molecule has 112 valence electrons. The molecule has 0 aromatic heterocycles. The smallest absolute Gasteiger partial charge is 0.299 e. The second kappa shape index (κ2) is 6.19. The Morgan fingerprint density at radius 1 is 1.23 bits per heavy atom. The summed E-state index contributed by atoms with van der Waals surface area (Å²) in [4.78, 5) is 12.0. The molecule has 1 aliphatic heterocycles. The van der Waals surface area contributed by atoms with E-state index in [1.54, 1.807) is 16.8 Å². The fourth-order valence-corrected chi connectivity index (χ4v) is 2.54. The van der Waals surface area contributed by atoms with Crippen LogP contribution in [0.5, 0.6) is 5.75 Å². The molecule has 5 nitrogen and oxygen atoms in total. The van der Waals surface area contributed by atoms with Crippen molar-refractivity contribution in [2.24, 2.45) is 5.73 Å². The number of hydrogen-bond donors (Lipinski definition) is 2. The summed E-state index contributed by atoms with van der Waals surface area (Å²) in [5.74, 6) is 0.936. The number of ether oxygens (including phenoxy) is 1. The van der Waals surface area contributed by atoms with Gasteiger partial charge in [0.2, 0.25) is 0 Å². The third-order valence-electron chi connectivity index (χ3n) is 3.36. The molecule has 0 saturated heterocycles. The summed E-state index contributed by atoms with van der Waals surface area (Å²) < 4.78 is 8.03. The highest BCUT2D eigenvalue weighted by molar-refractivity contribution is 9.10. The van der Waals surface area contributed by atoms with Crippen molar-refractivity contribution in [3.63, 3.8) is 0 Å². The lowest BCUT2D eigenvalue weighted by atomic mass is 10.1. The minimum Gasteiger partial charge on any atom is -0.484 e. The maximum atomic E-state index is 12.0. The summed E-state index contributed by atoms with van der Waals surface area (Å²) in [7, 11) is 0. The summed E-state index contributed by atoms with van der Waals surface area (Å²) in [5.41, 5.74) is 10.8. The average molecular weight is 361 g/mol. The monoisotopic (exact) mass is 360 g/mol. The number of nitrogens with zero attached hydrogens (tertiary/aromatic N) is 1. The van der Waals surface area contributed by atoms with Crippen molar-refractivity contribution in [1.82, 2.24) is 5.43 Å². The molecule has 0 aliphatic carbocycles. The lowest BCUT2D eigenvalue weighted by Crippen LogP contribution is -2.40. The van der Waals surface area contributed by atoms with Crippen LogP contribution in [-0.2, 0) is 11.3 Å². The molecule has 2 aromatic carbocycles. The number of hydrazine groups is 1. The van der Waals surface area contributed by atoms with Crippen LogP contribution in [-0.4, -0.2) is 23.0 Å². The number of nitrogens with one attached hydrogen (secondary N) is 1. The van der Waals surface area contributed by atoms with E-state index in [9.17, 15) is 4.79 Å². The van der Waals surface area contributed by atoms with Crippen molar-refractivity contribution in [2.75, 3.05) is 6.61 Å². The molecule has 0 fully saturated rings. The van der Waals surface area contributed by atoms with Crippen LogP contribution in [0, 0.1) is 0 Å². The molecule has 1 heterocycles. The predicted octanol–water partition coefficient (Wildman–Crippen LogP) is 1.79. The first-order valence-electron chi connectivity index (χ1n) is 6.79. The minimum absolute atomic E-state index is 0.0677. The fraction of sp³-hybridized carbons (Fsp3) is 0.125. The van der Waals surface area contributed by atoms with Gasteiger partial charge in [-0.3, -0.25) is 10.5 Å². The van der Waals surface area contributed by atoms with Crippen LogP contribution in [0.15, 0.2) is 53.0 Å². The minimum atomic E-state index is -0.251. The lowest BCUT2D eigenvalue weighted by molar-refractivity contribution is -0.586. The Labute approximate surface area is 136 Å². The topological polar surface area (TPSA) is 67.4 Å². The zero-order valence-electron chi connectivity index (χ0n) is 11.8. The van der Waals surface area contributed by atoms with Crippen molar-refractivity contribution in [1.29, 1.82) is 0 Å². The van der Waals surface area contributed by atoms with Crippen molar-refractivity contribution in [3.8, 4) is 5.75 Å². The number of amidine groups is 1. The van der Waals surface area contributed by atoms with Gasteiger partial charge >= 0.3 is 0 Å². The Morgan fingerprint density at radius 2 is 1.95 bits per heavy atom. The van der Waals surface area contributed by atoms with Gasteiger partial charge in [-0.15, -0.1) is 0 Å². The van der Waals surface area contributed by atoms with Crippen LogP contribution in [0.3, 0.4) is 0 Å². The molecule has 1 aliphatic rings. The number of halogens is 1. The number of carbonyl (C=O) groups excluding carboxylic acids is 1. The van der Waals surface area contributed by atoms with E-state index >= 15 is 0 Å². The molecule has 0 radical (unpaired) electrons. The van der Waals surface area contributed by atoms with Crippen molar-refractivity contribution >= 4 is 27.7 Å². The first-order valence-corrected chi connectivity index (χ1v) is 7.59. The molecule has 6 heteroatoms. The first-order chi connectivity index (χ1) is 10.6. The Morgan fingerprint density at radius 3 is 2.68 bits per heavy atom. The largest absolute Gasteiger partial charge is 0.484 e. The molecule has 0 spiro atoms. The van der Waals surface area contributed by atoms with Crippen molar-refractivity contribution < 1.29 is 14.2 Å². The zero-order valence-corrected chi connectivity index (χ0v) is 13.3. The molecule has 0 unspecified atom stereocenters. The maximum absolute atomic E-state index is 12.0. The van der Waals surface area contributed by atoms with Gasteiger partial charge < -0.3 is 4.74 Å². The molecule has 3 rings (SSSR count). The Balaban J connectivity index is 1.59. The molecule has 0 atom stereocenters. The van der Waals surface area contributed by atoms with E-state index in [0.29, 0.717) is 18.1 Å². The molecule has 0 saturated carbocycles. The van der Waals surface area contributed by atoms with E-state index < -0.39 is 0 Å². The lowest BCUT2D eigenvalue weighted by Gasteiger charge is -2.07. The standard InChI is InChI=1S/C16H14BrN3O2/c17-12-5-7-13(8-6-12)22-10-15(21)19-20-9-11-3-1-2-4-14(11)16(20)18/h1-8,18H,9-10H2,(H,19,21)/p+1. The first kappa shape index (κ1) is 14.6. The molecule has 22 heavy (non-hydrogen) atoms. The van der Waals surface area contributed by atoms with Crippen LogP contribution in [0.1, 0.15) is 11.1 Å². The summed E-state index contributed by atoms with van der Waals surface area (Å²) in [5, 5.41) is 0. The number of fused-ring (bicyclic) bond motifs is 1. The summed E-state index contributed by atoms with van der Waals surface area (Å²) in [6.07, 6.45) is 0. The number of nitrogens with two attached hydrogens (primary N) is 1. The molecule has 0 bridgehead atoms. The van der Waals surface area contributed by atoms with E-state index in [1.165, 1.54) is 0 Å². The number of hydrogen-bond acceptors (Lipinski definition) is 3. The third-order valence-corrected chi connectivity index (χ3v) is 3.88. The molecule has 3 N–H and O–H groups in total. The van der Waals surface area contributed by atoms with E-state index in [-0.39, 0.29) is 12.5 Å². The Bertz CT molecular complexity index is 741. The average Bonchev–Trinajstić information content (AvgIpc) is 2.83. The SMILES string of the molecule is NC1=[N+](NC(=O)COc2ccc(Br)cc2)Cc2ccccc21. The van der Waals surface area contributed by atoms with E-state index in [0.717, 1.165) is 15.6 Å². The number of rotatable bonds is 4. The van der Waals surface area contributed by atoms with Gasteiger partial charge in [-0.25, -0.2) is 0 Å². The van der Waals surface area contributed by atoms with Crippen LogP contribution in [0.25, 0.3) is 0 Å². The number of benzene rings is 2. The Hall–Kier alpha value is -2.34. The quantitative estimate of drug-likeness (QED) is 0.816. The van der Waals surface area contributed by atoms with Gasteiger partial charge in [-0.1, -0.05) is 34.1 Å².